The normalized spacial score (nSPS) is 11.1. The summed E-state index contributed by atoms with van der Waals surface area (Å²) in [6.07, 6.45) is 0. The van der Waals surface area contributed by atoms with Crippen molar-refractivity contribution >= 4 is 45.2 Å². The first-order valence-electron chi connectivity index (χ1n) is 11.8. The van der Waals surface area contributed by atoms with Crippen LogP contribution >= 0.6 is 7.26 Å². The Morgan fingerprint density at radius 1 is 0.667 bits per heavy atom. The molecule has 0 aromatic heterocycles. The smallest absolute Gasteiger partial charge is 0.338 e. The van der Waals surface area contributed by atoms with Crippen molar-refractivity contribution in [3.8, 4) is 0 Å². The van der Waals surface area contributed by atoms with Gasteiger partial charge in [-0.3, -0.25) is 0 Å². The molecule has 0 fully saturated rings. The lowest BCUT2D eigenvalue weighted by Gasteiger charge is -2.24. The van der Waals surface area contributed by atoms with Gasteiger partial charge in [0.05, 0.1) is 36.9 Å². The maximum Gasteiger partial charge on any atom is 0.338 e. The van der Waals surface area contributed by atoms with E-state index in [9.17, 15) is 22.6 Å². The highest BCUT2D eigenvalue weighted by Crippen LogP contribution is 2.51. The Bertz CT molecular complexity index is 1460. The summed E-state index contributed by atoms with van der Waals surface area (Å²) in [5, 5.41) is 3.21. The highest BCUT2D eigenvalue weighted by Gasteiger charge is 2.41. The Morgan fingerprint density at radius 2 is 1.08 bits per heavy atom. The van der Waals surface area contributed by atoms with Crippen LogP contribution in [0.4, 0.5) is 0 Å². The number of hydrogen-bond donors (Lipinski definition) is 0. The molecule has 202 valence electrons. The van der Waals surface area contributed by atoms with Crippen molar-refractivity contribution in [2.45, 2.75) is 11.8 Å². The van der Waals surface area contributed by atoms with Crippen molar-refractivity contribution in [3.63, 3.8) is 0 Å². The summed E-state index contributed by atoms with van der Waals surface area (Å²) in [6.45, 7) is 4.01. The number of ether oxygens (including phenoxy) is 2. The standard InChI is InChI=1S/C23H22O4P.C7H8O3S/c1-26-22(24)17-14-18(23(25)27-2)16-21(15-17)28(3,19-10-6-4-7-11-19)20-12-8-5-9-13-20;1-6-2-4-7(5-3-6)11(8,9)10/h4-16H,1-3H3;2-5H,1H3,(H,8,9,10)/q+1;/p-1. The second kappa shape index (κ2) is 12.8. The number of methoxy groups -OCH3 is 2. The number of carbonyl (C=O) groups excluding carboxylic acids is 2. The van der Waals surface area contributed by atoms with Gasteiger partial charge in [-0.1, -0.05) is 54.1 Å². The van der Waals surface area contributed by atoms with Crippen LogP contribution in [-0.4, -0.2) is 45.8 Å². The van der Waals surface area contributed by atoms with Gasteiger partial charge in [0.25, 0.3) is 0 Å². The zero-order valence-corrected chi connectivity index (χ0v) is 23.7. The fourth-order valence-corrected chi connectivity index (χ4v) is 7.64. The number of aryl methyl sites for hydroxylation is 1. The largest absolute Gasteiger partial charge is 0.744 e. The van der Waals surface area contributed by atoms with Crippen LogP contribution in [0.1, 0.15) is 26.3 Å². The minimum Gasteiger partial charge on any atom is -0.744 e. The van der Waals surface area contributed by atoms with Crippen LogP contribution in [-0.2, 0) is 19.6 Å². The van der Waals surface area contributed by atoms with Gasteiger partial charge in [0.15, 0.2) is 0 Å². The molecule has 0 spiro atoms. The first kappa shape index (κ1) is 29.7. The number of hydrogen-bond acceptors (Lipinski definition) is 7. The second-order valence-electron chi connectivity index (χ2n) is 8.70. The van der Waals surface area contributed by atoms with E-state index in [1.165, 1.54) is 32.4 Å². The lowest BCUT2D eigenvalue weighted by molar-refractivity contribution is 0.0599. The molecule has 0 unspecified atom stereocenters. The van der Waals surface area contributed by atoms with Gasteiger partial charge in [0.1, 0.15) is 33.3 Å². The van der Waals surface area contributed by atoms with Crippen LogP contribution in [0.15, 0.2) is 108 Å². The molecule has 4 rings (SSSR count). The first-order chi connectivity index (χ1) is 18.5. The molecule has 0 N–H and O–H groups in total. The highest BCUT2D eigenvalue weighted by atomic mass is 32.2. The Kier molecular flexibility index (Phi) is 9.76. The Labute approximate surface area is 229 Å². The average Bonchev–Trinajstić information content (AvgIpc) is 2.96. The van der Waals surface area contributed by atoms with Crippen molar-refractivity contribution in [2.75, 3.05) is 20.9 Å². The van der Waals surface area contributed by atoms with Gasteiger partial charge in [0.2, 0.25) is 0 Å². The highest BCUT2D eigenvalue weighted by molar-refractivity contribution is 7.95. The molecule has 0 aliphatic carbocycles. The quantitative estimate of drug-likeness (QED) is 0.197. The van der Waals surface area contributed by atoms with E-state index in [0.29, 0.717) is 11.1 Å². The predicted molar refractivity (Wildman–Crippen MR) is 153 cm³/mol. The van der Waals surface area contributed by atoms with Crippen molar-refractivity contribution < 1.29 is 32.0 Å². The summed E-state index contributed by atoms with van der Waals surface area (Å²) in [5.41, 5.74) is 1.59. The van der Waals surface area contributed by atoms with Gasteiger partial charge in [-0.15, -0.1) is 0 Å². The zero-order valence-electron chi connectivity index (χ0n) is 22.0. The van der Waals surface area contributed by atoms with E-state index in [2.05, 4.69) is 30.9 Å². The van der Waals surface area contributed by atoms with Gasteiger partial charge in [-0.2, -0.15) is 0 Å². The van der Waals surface area contributed by atoms with Crippen molar-refractivity contribution in [1.82, 2.24) is 0 Å². The fourth-order valence-electron chi connectivity index (χ4n) is 3.95. The van der Waals surface area contributed by atoms with E-state index in [1.807, 2.05) is 55.5 Å². The Hall–Kier alpha value is -3.84. The molecule has 7 nitrogen and oxygen atoms in total. The maximum atomic E-state index is 12.3. The summed E-state index contributed by atoms with van der Waals surface area (Å²) < 4.78 is 41.0. The Morgan fingerprint density at radius 3 is 1.44 bits per heavy atom. The molecular formula is C30H29O7PS. The van der Waals surface area contributed by atoms with E-state index in [4.69, 9.17) is 9.47 Å². The van der Waals surface area contributed by atoms with Crippen molar-refractivity contribution in [2.24, 2.45) is 0 Å². The average molecular weight is 565 g/mol. The van der Waals surface area contributed by atoms with Gasteiger partial charge in [0, 0.05) is 0 Å². The van der Waals surface area contributed by atoms with E-state index in [0.717, 1.165) is 21.5 Å². The van der Waals surface area contributed by atoms with Gasteiger partial charge < -0.3 is 14.0 Å². The molecule has 0 amide bonds. The van der Waals surface area contributed by atoms with Gasteiger partial charge in [-0.25, -0.2) is 18.0 Å². The molecule has 39 heavy (non-hydrogen) atoms. The van der Waals surface area contributed by atoms with Crippen molar-refractivity contribution in [3.05, 3.63) is 120 Å². The minimum atomic E-state index is -4.27. The lowest BCUT2D eigenvalue weighted by Crippen LogP contribution is -2.31. The predicted octanol–water partition coefficient (Wildman–Crippen LogP) is 4.08. The third-order valence-electron chi connectivity index (χ3n) is 6.13. The number of rotatable bonds is 6. The topological polar surface area (TPSA) is 110 Å². The van der Waals surface area contributed by atoms with E-state index in [-0.39, 0.29) is 4.90 Å². The number of carbonyl (C=O) groups is 2. The molecule has 9 heteroatoms. The molecule has 0 saturated carbocycles. The second-order valence-corrected chi connectivity index (χ2v) is 13.6. The van der Waals surface area contributed by atoms with Crippen LogP contribution in [0.3, 0.4) is 0 Å². The third kappa shape index (κ3) is 7.18. The first-order valence-corrected chi connectivity index (χ1v) is 15.5. The molecule has 0 atom stereocenters. The SMILES string of the molecule is COC(=O)c1cc(C(=O)OC)cc([P+](C)(c2ccccc2)c2ccccc2)c1.Cc1ccc(S(=O)(=O)[O-])cc1. The lowest BCUT2D eigenvalue weighted by atomic mass is 10.1. The summed E-state index contributed by atoms with van der Waals surface area (Å²) in [7, 11) is -3.71. The van der Waals surface area contributed by atoms with E-state index >= 15 is 0 Å². The molecule has 0 saturated heterocycles. The van der Waals surface area contributed by atoms with Crippen LogP contribution in [0.2, 0.25) is 0 Å². The Balaban J connectivity index is 0.000000320. The molecule has 0 aliphatic rings. The summed E-state index contributed by atoms with van der Waals surface area (Å²) in [6, 6.07) is 31.3. The van der Waals surface area contributed by atoms with Crippen LogP contribution in [0.25, 0.3) is 0 Å². The van der Waals surface area contributed by atoms with Gasteiger partial charge >= 0.3 is 11.9 Å². The number of esters is 2. The third-order valence-corrected chi connectivity index (χ3v) is 10.9. The molecular weight excluding hydrogens is 535 g/mol. The zero-order chi connectivity index (χ0) is 28.6. The number of benzene rings is 4. The van der Waals surface area contributed by atoms with Crippen LogP contribution in [0, 0.1) is 6.92 Å². The van der Waals surface area contributed by atoms with Gasteiger partial charge in [-0.05, 0) is 61.5 Å². The fraction of sp³-hybridized carbons (Fsp3) is 0.133. The monoisotopic (exact) mass is 564 g/mol. The van der Waals surface area contributed by atoms with E-state index in [1.54, 1.807) is 12.1 Å². The molecule has 4 aromatic rings. The molecule has 0 aliphatic heterocycles. The van der Waals surface area contributed by atoms with Crippen LogP contribution < -0.4 is 15.9 Å². The summed E-state index contributed by atoms with van der Waals surface area (Å²) in [5.74, 6) is -0.973. The summed E-state index contributed by atoms with van der Waals surface area (Å²) in [4.78, 5) is 24.4. The summed E-state index contributed by atoms with van der Waals surface area (Å²) >= 11 is 0. The molecule has 0 bridgehead atoms. The maximum absolute atomic E-state index is 12.3. The molecule has 0 radical (unpaired) electrons. The van der Waals surface area contributed by atoms with Crippen molar-refractivity contribution in [1.29, 1.82) is 0 Å². The molecule has 4 aromatic carbocycles. The van der Waals surface area contributed by atoms with E-state index < -0.39 is 29.3 Å². The van der Waals surface area contributed by atoms with Crippen LogP contribution in [0.5, 0.6) is 0 Å². The minimum absolute atomic E-state index is 0.178. The molecule has 0 heterocycles.